The van der Waals surface area contributed by atoms with Crippen LogP contribution in [0.25, 0.3) is 0 Å². The largest absolute Gasteiger partial charge is 0.380 e. The number of rotatable bonds is 3. The number of nitriles is 1. The summed E-state index contributed by atoms with van der Waals surface area (Å²) in [5.74, 6) is 0.810. The van der Waals surface area contributed by atoms with Gasteiger partial charge in [0.15, 0.2) is 0 Å². The van der Waals surface area contributed by atoms with Gasteiger partial charge in [-0.1, -0.05) is 18.2 Å². The molecule has 0 fully saturated rings. The van der Waals surface area contributed by atoms with Gasteiger partial charge in [0.2, 0.25) is 0 Å². The second-order valence-corrected chi connectivity index (χ2v) is 4.96. The van der Waals surface area contributed by atoms with Crippen LogP contribution < -0.4 is 10.6 Å². The molecule has 1 aromatic heterocycles. The van der Waals surface area contributed by atoms with Gasteiger partial charge in [0.05, 0.1) is 5.56 Å². The zero-order chi connectivity index (χ0) is 13.8. The highest BCUT2D eigenvalue weighted by molar-refractivity contribution is 5.54. The molecule has 100 valence electrons. The number of aryl methyl sites for hydroxylation is 1. The Morgan fingerprint density at radius 1 is 1.30 bits per heavy atom. The summed E-state index contributed by atoms with van der Waals surface area (Å²) >= 11 is 0. The third kappa shape index (κ3) is 2.72. The zero-order valence-corrected chi connectivity index (χ0v) is 11.1. The Labute approximate surface area is 118 Å². The number of anilines is 2. The van der Waals surface area contributed by atoms with E-state index in [1.54, 1.807) is 12.3 Å². The minimum Gasteiger partial charge on any atom is -0.380 e. The van der Waals surface area contributed by atoms with E-state index in [9.17, 15) is 0 Å². The number of benzene rings is 1. The highest BCUT2D eigenvalue weighted by Crippen LogP contribution is 2.24. The van der Waals surface area contributed by atoms with E-state index in [2.05, 4.69) is 46.0 Å². The minimum atomic E-state index is 0.405. The van der Waals surface area contributed by atoms with Gasteiger partial charge in [-0.2, -0.15) is 5.26 Å². The van der Waals surface area contributed by atoms with Crippen molar-refractivity contribution in [2.24, 2.45) is 0 Å². The van der Waals surface area contributed by atoms with Crippen LogP contribution in [-0.2, 0) is 6.42 Å². The van der Waals surface area contributed by atoms with Crippen LogP contribution in [0.3, 0.4) is 0 Å². The van der Waals surface area contributed by atoms with Crippen LogP contribution in [-0.4, -0.2) is 17.6 Å². The van der Waals surface area contributed by atoms with Crippen molar-refractivity contribution < 1.29 is 0 Å². The number of aromatic nitrogens is 1. The van der Waals surface area contributed by atoms with Crippen LogP contribution in [0.1, 0.15) is 17.5 Å². The lowest BCUT2D eigenvalue weighted by Gasteiger charge is -2.27. The number of nitrogens with zero attached hydrogens (tertiary/aromatic N) is 2. The van der Waals surface area contributed by atoms with E-state index in [0.29, 0.717) is 11.6 Å². The summed E-state index contributed by atoms with van der Waals surface area (Å²) in [5.41, 5.74) is 3.21. The molecule has 2 heterocycles. The third-order valence-corrected chi connectivity index (χ3v) is 3.56. The third-order valence-electron chi connectivity index (χ3n) is 3.56. The summed E-state index contributed by atoms with van der Waals surface area (Å²) < 4.78 is 0. The van der Waals surface area contributed by atoms with Gasteiger partial charge in [0, 0.05) is 24.5 Å². The van der Waals surface area contributed by atoms with E-state index < -0.39 is 0 Å². The Morgan fingerprint density at radius 2 is 2.20 bits per heavy atom. The maximum absolute atomic E-state index is 8.73. The van der Waals surface area contributed by atoms with Crippen molar-refractivity contribution in [3.63, 3.8) is 0 Å². The van der Waals surface area contributed by atoms with Gasteiger partial charge in [-0.15, -0.1) is 0 Å². The fraction of sp³-hybridized carbons (Fsp3) is 0.250. The number of hydrogen-bond donors (Lipinski definition) is 2. The molecule has 2 aromatic rings. The lowest BCUT2D eigenvalue weighted by molar-refractivity contribution is 0.653. The molecule has 4 nitrogen and oxygen atoms in total. The van der Waals surface area contributed by atoms with Crippen molar-refractivity contribution in [1.82, 2.24) is 4.98 Å². The van der Waals surface area contributed by atoms with Crippen molar-refractivity contribution in [1.29, 1.82) is 5.26 Å². The minimum absolute atomic E-state index is 0.405. The Morgan fingerprint density at radius 3 is 3.00 bits per heavy atom. The fourth-order valence-electron chi connectivity index (χ4n) is 2.45. The molecule has 0 saturated carbocycles. The smallest absolute Gasteiger partial charge is 0.126 e. The lowest BCUT2D eigenvalue weighted by Crippen LogP contribution is -2.32. The molecule has 2 N–H and O–H groups in total. The average Bonchev–Trinajstić information content (AvgIpc) is 2.53. The quantitative estimate of drug-likeness (QED) is 0.895. The number of pyridine rings is 1. The molecule has 1 aromatic carbocycles. The lowest BCUT2D eigenvalue weighted by atomic mass is 9.98. The Bertz CT molecular complexity index is 628. The molecule has 1 aliphatic rings. The Hall–Kier alpha value is -2.54. The molecule has 0 spiro atoms. The van der Waals surface area contributed by atoms with E-state index in [0.717, 1.165) is 25.2 Å². The van der Waals surface area contributed by atoms with E-state index in [-0.39, 0.29) is 0 Å². The van der Waals surface area contributed by atoms with E-state index >= 15 is 0 Å². The number of para-hydroxylation sites is 1. The van der Waals surface area contributed by atoms with Gasteiger partial charge in [-0.25, -0.2) is 4.98 Å². The van der Waals surface area contributed by atoms with Gasteiger partial charge < -0.3 is 10.6 Å². The second kappa shape index (κ2) is 5.62. The molecule has 0 saturated heterocycles. The second-order valence-electron chi connectivity index (χ2n) is 4.96. The average molecular weight is 264 g/mol. The monoisotopic (exact) mass is 264 g/mol. The molecule has 1 aliphatic heterocycles. The number of hydrogen-bond acceptors (Lipinski definition) is 4. The van der Waals surface area contributed by atoms with Crippen LogP contribution in [0.5, 0.6) is 0 Å². The zero-order valence-electron chi connectivity index (χ0n) is 11.1. The van der Waals surface area contributed by atoms with Gasteiger partial charge >= 0.3 is 0 Å². The van der Waals surface area contributed by atoms with Gasteiger partial charge in [-0.05, 0) is 36.6 Å². The standard InChI is InChI=1S/C16H16N4/c17-9-12-5-8-16(18-10-12)19-11-14-7-6-13-3-1-2-4-15(13)20-14/h1-5,8,10,14,20H,6-7,11H2,(H,18,19)/t14-/m0/s1. The first-order valence-electron chi connectivity index (χ1n) is 6.79. The molecule has 0 radical (unpaired) electrons. The predicted molar refractivity (Wildman–Crippen MR) is 79.6 cm³/mol. The molecule has 0 amide bonds. The summed E-state index contributed by atoms with van der Waals surface area (Å²) in [6.07, 6.45) is 3.81. The number of nitrogens with one attached hydrogen (secondary N) is 2. The molecule has 0 bridgehead atoms. The Kier molecular flexibility index (Phi) is 3.51. The van der Waals surface area contributed by atoms with Crippen molar-refractivity contribution in [2.75, 3.05) is 17.2 Å². The maximum atomic E-state index is 8.73. The van der Waals surface area contributed by atoms with Gasteiger partial charge in [0.25, 0.3) is 0 Å². The fourth-order valence-corrected chi connectivity index (χ4v) is 2.45. The summed E-state index contributed by atoms with van der Waals surface area (Å²) in [5, 5.41) is 15.6. The molecule has 4 heteroatoms. The summed E-state index contributed by atoms with van der Waals surface area (Å²) in [6, 6.07) is 14.5. The van der Waals surface area contributed by atoms with Gasteiger partial charge in [-0.3, -0.25) is 0 Å². The summed E-state index contributed by atoms with van der Waals surface area (Å²) in [6.45, 7) is 0.827. The molecule has 3 rings (SSSR count). The molecule has 0 unspecified atom stereocenters. The maximum Gasteiger partial charge on any atom is 0.126 e. The highest BCUT2D eigenvalue weighted by Gasteiger charge is 2.16. The van der Waals surface area contributed by atoms with Gasteiger partial charge in [0.1, 0.15) is 11.9 Å². The van der Waals surface area contributed by atoms with Crippen LogP contribution in [0, 0.1) is 11.3 Å². The first-order chi connectivity index (χ1) is 9.85. The molecular formula is C16H16N4. The van der Waals surface area contributed by atoms with Crippen LogP contribution >= 0.6 is 0 Å². The number of fused-ring (bicyclic) bond motifs is 1. The molecule has 0 aliphatic carbocycles. The van der Waals surface area contributed by atoms with E-state index in [1.807, 2.05) is 6.07 Å². The first-order valence-corrected chi connectivity index (χ1v) is 6.79. The highest BCUT2D eigenvalue weighted by atomic mass is 15.0. The normalized spacial score (nSPS) is 16.6. The SMILES string of the molecule is N#Cc1ccc(NC[C@@H]2CCc3ccccc3N2)nc1. The van der Waals surface area contributed by atoms with Crippen molar-refractivity contribution in [2.45, 2.75) is 18.9 Å². The van der Waals surface area contributed by atoms with Crippen LogP contribution in [0.4, 0.5) is 11.5 Å². The van der Waals surface area contributed by atoms with Crippen molar-refractivity contribution in [3.8, 4) is 6.07 Å². The van der Waals surface area contributed by atoms with Crippen molar-refractivity contribution >= 4 is 11.5 Å². The molecule has 1 atom stereocenters. The summed E-state index contributed by atoms with van der Waals surface area (Å²) in [4.78, 5) is 4.22. The van der Waals surface area contributed by atoms with E-state index in [4.69, 9.17) is 5.26 Å². The molecule has 20 heavy (non-hydrogen) atoms. The predicted octanol–water partition coefficient (Wildman–Crippen LogP) is 2.79. The first kappa shape index (κ1) is 12.5. The molecular weight excluding hydrogens is 248 g/mol. The van der Waals surface area contributed by atoms with Crippen molar-refractivity contribution in [3.05, 3.63) is 53.7 Å². The Balaban J connectivity index is 1.58. The summed E-state index contributed by atoms with van der Waals surface area (Å²) in [7, 11) is 0. The van der Waals surface area contributed by atoms with Crippen LogP contribution in [0.15, 0.2) is 42.6 Å². The van der Waals surface area contributed by atoms with Crippen LogP contribution in [0.2, 0.25) is 0 Å². The topological polar surface area (TPSA) is 60.7 Å². The van der Waals surface area contributed by atoms with E-state index in [1.165, 1.54) is 11.3 Å².